The average Bonchev–Trinajstić information content (AvgIpc) is 2.40. The largest absolute Gasteiger partial charge is 0.507 e. The Bertz CT molecular complexity index is 614. The van der Waals surface area contributed by atoms with E-state index < -0.39 is 11.7 Å². The molecular formula is C14H13FN2O2. The highest BCUT2D eigenvalue weighted by atomic mass is 19.1. The molecule has 5 heteroatoms. The van der Waals surface area contributed by atoms with Gasteiger partial charge in [0.2, 0.25) is 0 Å². The number of aryl methyl sites for hydroxylation is 1. The van der Waals surface area contributed by atoms with Gasteiger partial charge in [0, 0.05) is 6.20 Å². The van der Waals surface area contributed by atoms with Crippen LogP contribution in [0.25, 0.3) is 0 Å². The van der Waals surface area contributed by atoms with E-state index in [1.54, 1.807) is 12.3 Å². The van der Waals surface area contributed by atoms with E-state index in [4.69, 9.17) is 0 Å². The van der Waals surface area contributed by atoms with Crippen molar-refractivity contribution in [2.24, 2.45) is 0 Å². The van der Waals surface area contributed by atoms with Crippen molar-refractivity contribution in [1.29, 1.82) is 0 Å². The van der Waals surface area contributed by atoms with Crippen molar-refractivity contribution in [3.8, 4) is 5.75 Å². The van der Waals surface area contributed by atoms with E-state index in [0.29, 0.717) is 0 Å². The summed E-state index contributed by atoms with van der Waals surface area (Å²) in [5.74, 6) is -1.37. The van der Waals surface area contributed by atoms with Gasteiger partial charge in [-0.1, -0.05) is 6.07 Å². The molecule has 2 rings (SSSR count). The number of pyridine rings is 1. The summed E-state index contributed by atoms with van der Waals surface area (Å²) in [5.41, 5.74) is 1.59. The third-order valence-corrected chi connectivity index (χ3v) is 2.74. The van der Waals surface area contributed by atoms with Crippen LogP contribution in [0.2, 0.25) is 0 Å². The van der Waals surface area contributed by atoms with Gasteiger partial charge in [0.25, 0.3) is 5.91 Å². The lowest BCUT2D eigenvalue weighted by Crippen LogP contribution is -2.24. The van der Waals surface area contributed by atoms with Crippen molar-refractivity contribution in [2.75, 3.05) is 0 Å². The number of aromatic hydroxyl groups is 1. The molecule has 0 spiro atoms. The maximum atomic E-state index is 13.0. The fourth-order valence-electron chi connectivity index (χ4n) is 1.65. The second-order valence-corrected chi connectivity index (χ2v) is 4.11. The molecular weight excluding hydrogens is 247 g/mol. The highest BCUT2D eigenvalue weighted by Crippen LogP contribution is 2.17. The highest BCUT2D eigenvalue weighted by Gasteiger charge is 2.12. The van der Waals surface area contributed by atoms with Crippen molar-refractivity contribution >= 4 is 5.91 Å². The van der Waals surface area contributed by atoms with E-state index in [1.807, 2.05) is 13.0 Å². The van der Waals surface area contributed by atoms with Gasteiger partial charge in [0.15, 0.2) is 0 Å². The molecule has 1 aromatic heterocycles. The smallest absolute Gasteiger partial charge is 0.255 e. The molecule has 0 fully saturated rings. The first-order chi connectivity index (χ1) is 9.08. The molecule has 2 aromatic rings. The zero-order valence-electron chi connectivity index (χ0n) is 10.4. The lowest BCUT2D eigenvalue weighted by molar-refractivity contribution is 0.0947. The normalized spacial score (nSPS) is 10.2. The minimum atomic E-state index is -0.572. The van der Waals surface area contributed by atoms with Crippen LogP contribution in [-0.4, -0.2) is 16.0 Å². The Hall–Kier alpha value is -2.43. The maximum Gasteiger partial charge on any atom is 0.255 e. The van der Waals surface area contributed by atoms with Gasteiger partial charge in [-0.2, -0.15) is 0 Å². The van der Waals surface area contributed by atoms with Crippen LogP contribution in [0.15, 0.2) is 36.5 Å². The number of nitrogens with one attached hydrogen (secondary N) is 1. The van der Waals surface area contributed by atoms with Crippen LogP contribution in [0.3, 0.4) is 0 Å². The molecule has 19 heavy (non-hydrogen) atoms. The molecule has 0 aliphatic heterocycles. The van der Waals surface area contributed by atoms with Gasteiger partial charge in [0.1, 0.15) is 11.6 Å². The van der Waals surface area contributed by atoms with E-state index in [1.165, 1.54) is 0 Å². The van der Waals surface area contributed by atoms with E-state index in [0.717, 1.165) is 29.5 Å². The first-order valence-corrected chi connectivity index (χ1v) is 5.75. The van der Waals surface area contributed by atoms with Gasteiger partial charge in [0.05, 0.1) is 17.8 Å². The van der Waals surface area contributed by atoms with Crippen LogP contribution < -0.4 is 5.32 Å². The van der Waals surface area contributed by atoms with Crippen LogP contribution in [0.1, 0.15) is 21.6 Å². The Morgan fingerprint density at radius 1 is 1.42 bits per heavy atom. The number of carbonyl (C=O) groups excluding carboxylic acids is 1. The van der Waals surface area contributed by atoms with Crippen LogP contribution >= 0.6 is 0 Å². The molecule has 0 aliphatic carbocycles. The van der Waals surface area contributed by atoms with Gasteiger partial charge in [-0.15, -0.1) is 0 Å². The third kappa shape index (κ3) is 3.07. The number of amides is 1. The number of carbonyl (C=O) groups is 1. The Balaban J connectivity index is 2.10. The van der Waals surface area contributed by atoms with Gasteiger partial charge in [-0.25, -0.2) is 4.39 Å². The van der Waals surface area contributed by atoms with Gasteiger partial charge < -0.3 is 10.4 Å². The second kappa shape index (κ2) is 5.48. The molecule has 0 unspecified atom stereocenters. The number of rotatable bonds is 3. The van der Waals surface area contributed by atoms with Crippen LogP contribution in [-0.2, 0) is 6.54 Å². The van der Waals surface area contributed by atoms with Crippen LogP contribution in [0.5, 0.6) is 5.75 Å². The SMILES string of the molecule is Cc1cccnc1CNC(=O)c1cc(F)ccc1O. The molecule has 0 atom stereocenters. The summed E-state index contributed by atoms with van der Waals surface area (Å²) in [6.07, 6.45) is 1.63. The predicted octanol–water partition coefficient (Wildman–Crippen LogP) is 2.16. The van der Waals surface area contributed by atoms with Crippen molar-refractivity contribution in [2.45, 2.75) is 13.5 Å². The molecule has 2 N–H and O–H groups in total. The molecule has 1 amide bonds. The lowest BCUT2D eigenvalue weighted by atomic mass is 10.1. The summed E-state index contributed by atoms with van der Waals surface area (Å²) < 4.78 is 13.0. The summed E-state index contributed by atoms with van der Waals surface area (Å²) in [5, 5.41) is 12.1. The number of phenolic OH excluding ortho intramolecular Hbond substituents is 1. The van der Waals surface area contributed by atoms with E-state index in [-0.39, 0.29) is 17.9 Å². The van der Waals surface area contributed by atoms with Gasteiger partial charge in [-0.3, -0.25) is 9.78 Å². The standard InChI is InChI=1S/C14H13FN2O2/c1-9-3-2-6-16-12(9)8-17-14(19)11-7-10(15)4-5-13(11)18/h2-7,18H,8H2,1H3,(H,17,19). The minimum absolute atomic E-state index is 0.0893. The lowest BCUT2D eigenvalue weighted by Gasteiger charge is -2.08. The average molecular weight is 260 g/mol. The molecule has 0 saturated heterocycles. The summed E-state index contributed by atoms with van der Waals surface area (Å²) in [6, 6.07) is 6.93. The van der Waals surface area contributed by atoms with Gasteiger partial charge in [-0.05, 0) is 36.8 Å². The molecule has 0 bridgehead atoms. The van der Waals surface area contributed by atoms with Gasteiger partial charge >= 0.3 is 0 Å². The van der Waals surface area contributed by atoms with Crippen LogP contribution in [0, 0.1) is 12.7 Å². The van der Waals surface area contributed by atoms with Crippen molar-refractivity contribution in [1.82, 2.24) is 10.3 Å². The Morgan fingerprint density at radius 3 is 2.95 bits per heavy atom. The number of aromatic nitrogens is 1. The molecule has 0 aliphatic rings. The molecule has 0 radical (unpaired) electrons. The van der Waals surface area contributed by atoms with Crippen LogP contribution in [0.4, 0.5) is 4.39 Å². The first kappa shape index (κ1) is 13.0. The van der Waals surface area contributed by atoms with Crippen molar-refractivity contribution in [3.05, 3.63) is 59.2 Å². The molecule has 1 heterocycles. The van der Waals surface area contributed by atoms with Crippen molar-refractivity contribution < 1.29 is 14.3 Å². The van der Waals surface area contributed by atoms with Crippen molar-refractivity contribution in [3.63, 3.8) is 0 Å². The number of hydrogen-bond acceptors (Lipinski definition) is 3. The maximum absolute atomic E-state index is 13.0. The predicted molar refractivity (Wildman–Crippen MR) is 68.2 cm³/mol. The van der Waals surface area contributed by atoms with E-state index >= 15 is 0 Å². The number of benzene rings is 1. The molecule has 1 aromatic carbocycles. The monoisotopic (exact) mass is 260 g/mol. The topological polar surface area (TPSA) is 62.2 Å². The number of halogens is 1. The summed E-state index contributed by atoms with van der Waals surface area (Å²) in [7, 11) is 0. The fourth-order valence-corrected chi connectivity index (χ4v) is 1.65. The molecule has 0 saturated carbocycles. The second-order valence-electron chi connectivity index (χ2n) is 4.11. The van der Waals surface area contributed by atoms with E-state index in [2.05, 4.69) is 10.3 Å². The summed E-state index contributed by atoms with van der Waals surface area (Å²) >= 11 is 0. The number of phenols is 1. The Labute approximate surface area is 109 Å². The quantitative estimate of drug-likeness (QED) is 0.889. The third-order valence-electron chi connectivity index (χ3n) is 2.74. The fraction of sp³-hybridized carbons (Fsp3) is 0.143. The summed E-state index contributed by atoms with van der Waals surface area (Å²) in [4.78, 5) is 16.0. The van der Waals surface area contributed by atoms with E-state index in [9.17, 15) is 14.3 Å². The molecule has 98 valence electrons. The number of hydrogen-bond donors (Lipinski definition) is 2. The molecule has 4 nitrogen and oxygen atoms in total. The minimum Gasteiger partial charge on any atom is -0.507 e. The Kier molecular flexibility index (Phi) is 3.75. The first-order valence-electron chi connectivity index (χ1n) is 5.75. The zero-order valence-corrected chi connectivity index (χ0v) is 10.4. The Morgan fingerprint density at radius 2 is 2.21 bits per heavy atom. The summed E-state index contributed by atoms with van der Waals surface area (Å²) in [6.45, 7) is 2.11. The number of nitrogens with zero attached hydrogens (tertiary/aromatic N) is 1. The zero-order chi connectivity index (χ0) is 13.8. The highest BCUT2D eigenvalue weighted by molar-refractivity contribution is 5.96.